The zero-order valence-corrected chi connectivity index (χ0v) is 10.2. The molecule has 2 saturated heterocycles. The van der Waals surface area contributed by atoms with Crippen molar-refractivity contribution in [2.45, 2.75) is 25.9 Å². The number of carboxylic acids is 1. The number of imide groups is 1. The van der Waals surface area contributed by atoms with Crippen LogP contribution in [0.1, 0.15) is 19.8 Å². The molecule has 3 N–H and O–H groups in total. The summed E-state index contributed by atoms with van der Waals surface area (Å²) in [7, 11) is 0. The molecule has 3 amide bonds. The average molecular weight is 255 g/mol. The summed E-state index contributed by atoms with van der Waals surface area (Å²) in [6.07, 6.45) is 0.683. The minimum absolute atomic E-state index is 0.270. The van der Waals surface area contributed by atoms with E-state index in [-0.39, 0.29) is 25.0 Å². The van der Waals surface area contributed by atoms with Gasteiger partial charge in [0.15, 0.2) is 0 Å². The minimum Gasteiger partial charge on any atom is -0.481 e. The van der Waals surface area contributed by atoms with E-state index in [0.717, 1.165) is 6.42 Å². The van der Waals surface area contributed by atoms with Gasteiger partial charge in [0, 0.05) is 13.1 Å². The molecule has 3 atom stereocenters. The van der Waals surface area contributed by atoms with Crippen molar-refractivity contribution in [3.8, 4) is 0 Å². The van der Waals surface area contributed by atoms with E-state index in [9.17, 15) is 14.4 Å². The molecule has 2 rings (SSSR count). The predicted molar refractivity (Wildman–Crippen MR) is 61.6 cm³/mol. The van der Waals surface area contributed by atoms with Gasteiger partial charge in [0.2, 0.25) is 5.91 Å². The summed E-state index contributed by atoms with van der Waals surface area (Å²) in [4.78, 5) is 36.0. The molecule has 3 unspecified atom stereocenters. The third-order valence-corrected chi connectivity index (χ3v) is 3.47. The number of fused-ring (bicyclic) bond motifs is 1. The normalized spacial score (nSPS) is 31.8. The van der Waals surface area contributed by atoms with Gasteiger partial charge >= 0.3 is 12.0 Å². The van der Waals surface area contributed by atoms with E-state index in [1.807, 2.05) is 6.92 Å². The van der Waals surface area contributed by atoms with E-state index in [4.69, 9.17) is 5.11 Å². The number of amides is 3. The number of rotatable bonds is 3. The lowest BCUT2D eigenvalue weighted by Gasteiger charge is -2.44. The summed E-state index contributed by atoms with van der Waals surface area (Å²) in [5.41, 5.74) is 0. The lowest BCUT2D eigenvalue weighted by atomic mass is 9.85. The number of carboxylic acid groups (broad SMARTS) is 1. The van der Waals surface area contributed by atoms with Gasteiger partial charge in [0.25, 0.3) is 0 Å². The Hall–Kier alpha value is -1.63. The number of nitrogens with one attached hydrogen (secondary N) is 2. The van der Waals surface area contributed by atoms with Crippen molar-refractivity contribution in [3.63, 3.8) is 0 Å². The highest BCUT2D eigenvalue weighted by Gasteiger charge is 2.45. The molecule has 0 spiro atoms. The molecule has 0 radical (unpaired) electrons. The third-order valence-electron chi connectivity index (χ3n) is 3.47. The molecule has 0 saturated carbocycles. The number of piperidine rings is 1. The summed E-state index contributed by atoms with van der Waals surface area (Å²) < 4.78 is 0. The van der Waals surface area contributed by atoms with Gasteiger partial charge in [-0.1, -0.05) is 6.92 Å². The summed E-state index contributed by atoms with van der Waals surface area (Å²) >= 11 is 0. The zero-order valence-electron chi connectivity index (χ0n) is 10.2. The molecule has 2 fully saturated rings. The number of carbonyl (C=O) groups is 3. The molecule has 2 heterocycles. The number of urea groups is 1. The Balaban J connectivity index is 2.15. The Morgan fingerprint density at radius 3 is 2.83 bits per heavy atom. The fourth-order valence-electron chi connectivity index (χ4n) is 2.57. The highest BCUT2D eigenvalue weighted by Crippen LogP contribution is 2.27. The molecule has 0 aromatic heterocycles. The SMILES string of the molecule is CCCN1C(=O)NC(=O)C2CC(C(=O)O)CNC21. The molecule has 0 aromatic rings. The predicted octanol–water partition coefficient (Wildman–Crippen LogP) is -0.415. The molecule has 0 bridgehead atoms. The second kappa shape index (κ2) is 4.93. The van der Waals surface area contributed by atoms with Crippen LogP contribution in [-0.2, 0) is 9.59 Å². The van der Waals surface area contributed by atoms with E-state index >= 15 is 0 Å². The highest BCUT2D eigenvalue weighted by molar-refractivity contribution is 5.98. The van der Waals surface area contributed by atoms with Gasteiger partial charge in [0.05, 0.1) is 18.0 Å². The van der Waals surface area contributed by atoms with Crippen molar-refractivity contribution in [3.05, 3.63) is 0 Å². The topological polar surface area (TPSA) is 98.7 Å². The Morgan fingerprint density at radius 1 is 1.50 bits per heavy atom. The van der Waals surface area contributed by atoms with E-state index in [1.54, 1.807) is 4.90 Å². The van der Waals surface area contributed by atoms with Gasteiger partial charge in [-0.3, -0.25) is 20.2 Å². The van der Waals surface area contributed by atoms with Crippen molar-refractivity contribution in [1.29, 1.82) is 0 Å². The number of hydrogen-bond acceptors (Lipinski definition) is 4. The number of nitrogens with zero attached hydrogens (tertiary/aromatic N) is 1. The van der Waals surface area contributed by atoms with Crippen LogP contribution in [0.25, 0.3) is 0 Å². The number of carbonyl (C=O) groups excluding carboxylic acids is 2. The van der Waals surface area contributed by atoms with Gasteiger partial charge in [-0.05, 0) is 12.8 Å². The van der Waals surface area contributed by atoms with Crippen LogP contribution in [0, 0.1) is 11.8 Å². The summed E-state index contributed by atoms with van der Waals surface area (Å²) in [6, 6.07) is -0.399. The van der Waals surface area contributed by atoms with E-state index in [2.05, 4.69) is 10.6 Å². The quantitative estimate of drug-likeness (QED) is 0.636. The van der Waals surface area contributed by atoms with Gasteiger partial charge in [-0.15, -0.1) is 0 Å². The van der Waals surface area contributed by atoms with Crippen molar-refractivity contribution in [2.75, 3.05) is 13.1 Å². The minimum atomic E-state index is -0.910. The second-order valence-electron chi connectivity index (χ2n) is 4.72. The van der Waals surface area contributed by atoms with E-state index in [1.165, 1.54) is 0 Å². The standard InChI is InChI=1S/C11H17N3O4/c1-2-3-14-8-7(9(15)13-11(14)18)4-6(5-12-8)10(16)17/h6-8,12H,2-5H2,1H3,(H,16,17)(H,13,15,18). The smallest absolute Gasteiger partial charge is 0.325 e. The van der Waals surface area contributed by atoms with Gasteiger partial charge in [0.1, 0.15) is 0 Å². The molecule has 18 heavy (non-hydrogen) atoms. The molecule has 2 aliphatic heterocycles. The number of hydrogen-bond donors (Lipinski definition) is 3. The maximum atomic E-state index is 11.8. The lowest BCUT2D eigenvalue weighted by molar-refractivity contribution is -0.145. The molecule has 0 aliphatic carbocycles. The molecule has 7 heteroatoms. The van der Waals surface area contributed by atoms with Gasteiger partial charge in [-0.2, -0.15) is 0 Å². The second-order valence-corrected chi connectivity index (χ2v) is 4.72. The van der Waals surface area contributed by atoms with Crippen molar-refractivity contribution in [1.82, 2.24) is 15.5 Å². The first kappa shape index (κ1) is 12.8. The van der Waals surface area contributed by atoms with E-state index in [0.29, 0.717) is 6.54 Å². The largest absolute Gasteiger partial charge is 0.481 e. The van der Waals surface area contributed by atoms with Crippen LogP contribution in [0.4, 0.5) is 4.79 Å². The Bertz CT molecular complexity index is 384. The van der Waals surface area contributed by atoms with Crippen LogP contribution in [-0.4, -0.2) is 47.2 Å². The van der Waals surface area contributed by atoms with Gasteiger partial charge < -0.3 is 10.0 Å². The number of aliphatic carboxylic acids is 1. The average Bonchev–Trinajstić information content (AvgIpc) is 2.33. The fourth-order valence-corrected chi connectivity index (χ4v) is 2.57. The van der Waals surface area contributed by atoms with Crippen LogP contribution in [0.15, 0.2) is 0 Å². The van der Waals surface area contributed by atoms with E-state index < -0.39 is 23.8 Å². The first-order valence-corrected chi connectivity index (χ1v) is 6.12. The lowest BCUT2D eigenvalue weighted by Crippen LogP contribution is -2.68. The van der Waals surface area contributed by atoms with Crippen LogP contribution in [0.3, 0.4) is 0 Å². The Labute approximate surface area is 105 Å². The molecule has 7 nitrogen and oxygen atoms in total. The monoisotopic (exact) mass is 255 g/mol. The van der Waals surface area contributed by atoms with Crippen molar-refractivity contribution >= 4 is 17.9 Å². The van der Waals surface area contributed by atoms with Crippen molar-refractivity contribution in [2.24, 2.45) is 11.8 Å². The maximum Gasteiger partial charge on any atom is 0.325 e. The third kappa shape index (κ3) is 2.17. The van der Waals surface area contributed by atoms with Crippen LogP contribution in [0.2, 0.25) is 0 Å². The molecule has 100 valence electrons. The van der Waals surface area contributed by atoms with Crippen LogP contribution >= 0.6 is 0 Å². The highest BCUT2D eigenvalue weighted by atomic mass is 16.4. The molecule has 2 aliphatic rings. The molecule has 0 aromatic carbocycles. The fraction of sp³-hybridized carbons (Fsp3) is 0.727. The summed E-state index contributed by atoms with van der Waals surface area (Å²) in [5.74, 6) is -2.35. The first-order valence-electron chi connectivity index (χ1n) is 6.12. The molecular weight excluding hydrogens is 238 g/mol. The zero-order chi connectivity index (χ0) is 13.3. The van der Waals surface area contributed by atoms with Crippen LogP contribution in [0.5, 0.6) is 0 Å². The Kier molecular flexibility index (Phi) is 3.51. The van der Waals surface area contributed by atoms with Crippen LogP contribution < -0.4 is 10.6 Å². The maximum absolute atomic E-state index is 11.8. The summed E-state index contributed by atoms with van der Waals surface area (Å²) in [6.45, 7) is 2.78. The van der Waals surface area contributed by atoms with Gasteiger partial charge in [-0.25, -0.2) is 4.79 Å². The first-order chi connectivity index (χ1) is 8.54. The Morgan fingerprint density at radius 2 is 2.22 bits per heavy atom. The molecular formula is C11H17N3O4. The summed E-state index contributed by atoms with van der Waals surface area (Å²) in [5, 5.41) is 14.3. The van der Waals surface area contributed by atoms with Crippen molar-refractivity contribution < 1.29 is 19.5 Å².